The molecular weight excluding hydrogens is 307 g/mol. The maximum Gasteiger partial charge on any atom is 0.457 e. The number of rotatable bonds is 4. The first-order valence-electron chi connectivity index (χ1n) is 6.09. The van der Waals surface area contributed by atoms with Gasteiger partial charge in [0.2, 0.25) is 5.88 Å². The van der Waals surface area contributed by atoms with Gasteiger partial charge in [-0.05, 0) is 11.6 Å². The number of alkyl halides is 5. The van der Waals surface area contributed by atoms with Gasteiger partial charge in [-0.15, -0.1) is 0 Å². The highest BCUT2D eigenvalue weighted by molar-refractivity contribution is 5.36. The molecule has 0 saturated heterocycles. The van der Waals surface area contributed by atoms with E-state index in [1.807, 2.05) is 0 Å². The number of halogens is 5. The van der Waals surface area contributed by atoms with E-state index in [4.69, 9.17) is 10.5 Å². The summed E-state index contributed by atoms with van der Waals surface area (Å²) in [7, 11) is 0. The highest BCUT2D eigenvalue weighted by Gasteiger charge is 2.64. The molecule has 2 N–H and O–H groups in total. The van der Waals surface area contributed by atoms with Crippen LogP contribution in [0.5, 0.6) is 5.88 Å². The summed E-state index contributed by atoms with van der Waals surface area (Å²) < 4.78 is 70.3. The number of nitrogens with two attached hydrogens (primary N) is 1. The third-order valence-electron chi connectivity index (χ3n) is 2.81. The molecule has 1 aromatic carbocycles. The van der Waals surface area contributed by atoms with Gasteiger partial charge in [-0.25, -0.2) is 4.98 Å². The second-order valence-corrected chi connectivity index (χ2v) is 4.46. The van der Waals surface area contributed by atoms with Crippen molar-refractivity contribution in [1.29, 1.82) is 0 Å². The van der Waals surface area contributed by atoms with E-state index in [-0.39, 0.29) is 17.1 Å². The van der Waals surface area contributed by atoms with Crippen LogP contribution in [0.1, 0.15) is 11.7 Å². The zero-order chi connectivity index (χ0) is 16.4. The predicted octanol–water partition coefficient (Wildman–Crippen LogP) is 3.98. The Morgan fingerprint density at radius 3 is 2.09 bits per heavy atom. The number of ether oxygens (including phenoxy) is 1. The molecule has 3 nitrogen and oxygen atoms in total. The van der Waals surface area contributed by atoms with Gasteiger partial charge in [-0.2, -0.15) is 22.0 Å². The van der Waals surface area contributed by atoms with E-state index in [9.17, 15) is 22.0 Å². The fourth-order valence-corrected chi connectivity index (χ4v) is 1.71. The lowest BCUT2D eigenvalue weighted by Gasteiger charge is -2.29. The molecule has 0 spiro atoms. The normalized spacial score (nSPS) is 13.7. The fourth-order valence-electron chi connectivity index (χ4n) is 1.71. The smallest absolute Gasteiger partial charge is 0.457 e. The van der Waals surface area contributed by atoms with Crippen molar-refractivity contribution < 1.29 is 26.7 Å². The van der Waals surface area contributed by atoms with Gasteiger partial charge in [-0.3, -0.25) is 0 Å². The summed E-state index contributed by atoms with van der Waals surface area (Å²) in [5.41, 5.74) is 5.29. The van der Waals surface area contributed by atoms with Crippen LogP contribution in [-0.2, 0) is 0 Å². The van der Waals surface area contributed by atoms with Gasteiger partial charge >= 0.3 is 12.1 Å². The van der Waals surface area contributed by atoms with Crippen LogP contribution < -0.4 is 10.5 Å². The summed E-state index contributed by atoms with van der Waals surface area (Å²) in [4.78, 5) is 3.59. The van der Waals surface area contributed by atoms with E-state index >= 15 is 0 Å². The molecule has 22 heavy (non-hydrogen) atoms. The molecule has 1 aromatic heterocycles. The molecule has 2 rings (SSSR count). The van der Waals surface area contributed by atoms with Crippen molar-refractivity contribution in [1.82, 2.24) is 4.98 Å². The summed E-state index contributed by atoms with van der Waals surface area (Å²) in [6.07, 6.45) is -7.21. The average molecular weight is 318 g/mol. The van der Waals surface area contributed by atoms with Crippen molar-refractivity contribution in [2.45, 2.75) is 18.2 Å². The van der Waals surface area contributed by atoms with Gasteiger partial charge in [0.1, 0.15) is 0 Å². The number of aromatic nitrogens is 1. The minimum atomic E-state index is -5.76. The molecule has 0 aliphatic rings. The summed E-state index contributed by atoms with van der Waals surface area (Å²) in [5.74, 6) is -5.47. The van der Waals surface area contributed by atoms with E-state index in [1.54, 1.807) is 0 Å². The van der Waals surface area contributed by atoms with Crippen LogP contribution >= 0.6 is 0 Å². The third kappa shape index (κ3) is 3.26. The monoisotopic (exact) mass is 318 g/mol. The maximum absolute atomic E-state index is 13.7. The van der Waals surface area contributed by atoms with E-state index in [1.165, 1.54) is 24.3 Å². The molecule has 0 aliphatic heterocycles. The van der Waals surface area contributed by atoms with Crippen molar-refractivity contribution in [3.05, 3.63) is 54.2 Å². The van der Waals surface area contributed by atoms with Crippen molar-refractivity contribution in [2.24, 2.45) is 0 Å². The molecule has 1 atom stereocenters. The van der Waals surface area contributed by atoms with Gasteiger partial charge in [0, 0.05) is 6.07 Å². The van der Waals surface area contributed by atoms with Crippen molar-refractivity contribution in [2.75, 3.05) is 5.73 Å². The fraction of sp³-hybridized carbons (Fsp3) is 0.214. The topological polar surface area (TPSA) is 48.1 Å². The first kappa shape index (κ1) is 16.0. The lowest BCUT2D eigenvalue weighted by Crippen LogP contribution is -2.44. The van der Waals surface area contributed by atoms with Crippen LogP contribution in [0, 0.1) is 0 Å². The number of anilines is 1. The highest BCUT2D eigenvalue weighted by Crippen LogP contribution is 2.46. The number of benzene rings is 1. The Hall–Kier alpha value is -2.38. The molecule has 2 aromatic rings. The molecule has 8 heteroatoms. The number of nitrogens with zero attached hydrogens (tertiary/aromatic N) is 1. The first-order chi connectivity index (χ1) is 10.2. The molecule has 118 valence electrons. The molecule has 0 aliphatic carbocycles. The van der Waals surface area contributed by atoms with E-state index in [0.717, 1.165) is 24.4 Å². The molecule has 0 amide bonds. The maximum atomic E-state index is 13.7. The Bertz CT molecular complexity index is 613. The zero-order valence-corrected chi connectivity index (χ0v) is 11.0. The van der Waals surface area contributed by atoms with E-state index in [2.05, 4.69) is 4.98 Å². The lowest BCUT2D eigenvalue weighted by atomic mass is 10.0. The minimum Gasteiger partial charge on any atom is -0.463 e. The molecule has 1 unspecified atom stereocenters. The van der Waals surface area contributed by atoms with Crippen LogP contribution in [0.25, 0.3) is 0 Å². The minimum absolute atomic E-state index is 0.228. The summed E-state index contributed by atoms with van der Waals surface area (Å²) in [6, 6.07) is 8.84. The average Bonchev–Trinajstić information content (AvgIpc) is 2.46. The van der Waals surface area contributed by atoms with Crippen LogP contribution in [0.4, 0.5) is 27.6 Å². The second kappa shape index (κ2) is 5.78. The number of pyridine rings is 1. The molecular formula is C14H11F5N2O. The van der Waals surface area contributed by atoms with Crippen LogP contribution in [0.3, 0.4) is 0 Å². The SMILES string of the molecule is Nc1ccc(OC(c2ccccc2)C(F)(F)C(F)(F)F)nc1. The van der Waals surface area contributed by atoms with Crippen LogP contribution in [0.2, 0.25) is 0 Å². The zero-order valence-electron chi connectivity index (χ0n) is 11.0. The standard InChI is InChI=1S/C14H11F5N2O/c15-13(16,14(17,18)19)12(9-4-2-1-3-5-9)22-11-7-6-10(20)8-21-11/h1-8,12H,20H2. The molecule has 1 heterocycles. The number of hydrogen-bond donors (Lipinski definition) is 1. The molecule has 0 saturated carbocycles. The Morgan fingerprint density at radius 1 is 0.955 bits per heavy atom. The van der Waals surface area contributed by atoms with Gasteiger partial charge < -0.3 is 10.5 Å². The van der Waals surface area contributed by atoms with Gasteiger partial charge in [0.05, 0.1) is 11.9 Å². The number of nitrogen functional groups attached to an aromatic ring is 1. The van der Waals surface area contributed by atoms with Crippen LogP contribution in [-0.4, -0.2) is 17.1 Å². The highest BCUT2D eigenvalue weighted by atomic mass is 19.4. The third-order valence-corrected chi connectivity index (χ3v) is 2.81. The Kier molecular flexibility index (Phi) is 4.20. The van der Waals surface area contributed by atoms with E-state index in [0.29, 0.717) is 0 Å². The predicted molar refractivity (Wildman–Crippen MR) is 69.5 cm³/mol. The first-order valence-corrected chi connectivity index (χ1v) is 6.09. The van der Waals surface area contributed by atoms with E-state index < -0.39 is 18.2 Å². The van der Waals surface area contributed by atoms with Crippen molar-refractivity contribution in [3.63, 3.8) is 0 Å². The van der Waals surface area contributed by atoms with Gasteiger partial charge in [0.25, 0.3) is 0 Å². The Morgan fingerprint density at radius 2 is 1.59 bits per heavy atom. The molecule has 0 fully saturated rings. The van der Waals surface area contributed by atoms with Gasteiger partial charge in [-0.1, -0.05) is 30.3 Å². The quantitative estimate of drug-likeness (QED) is 0.867. The Balaban J connectivity index is 2.40. The summed E-state index contributed by atoms with van der Waals surface area (Å²) in [5, 5.41) is 0. The molecule has 0 radical (unpaired) electrons. The lowest BCUT2D eigenvalue weighted by molar-refractivity contribution is -0.311. The summed E-state index contributed by atoms with van der Waals surface area (Å²) >= 11 is 0. The summed E-state index contributed by atoms with van der Waals surface area (Å²) in [6.45, 7) is 0. The second-order valence-electron chi connectivity index (χ2n) is 4.46. The number of hydrogen-bond acceptors (Lipinski definition) is 3. The van der Waals surface area contributed by atoms with Crippen molar-refractivity contribution in [3.8, 4) is 5.88 Å². The Labute approximate surface area is 122 Å². The van der Waals surface area contributed by atoms with Crippen LogP contribution in [0.15, 0.2) is 48.7 Å². The van der Waals surface area contributed by atoms with Gasteiger partial charge in [0.15, 0.2) is 6.10 Å². The largest absolute Gasteiger partial charge is 0.463 e. The van der Waals surface area contributed by atoms with Crippen molar-refractivity contribution >= 4 is 5.69 Å². The molecule has 0 bridgehead atoms.